The van der Waals surface area contributed by atoms with Gasteiger partial charge in [-0.15, -0.1) is 16.4 Å². The van der Waals surface area contributed by atoms with Gasteiger partial charge in [-0.1, -0.05) is 50.1 Å². The Balaban J connectivity index is 1.63. The molecular weight excluding hydrogens is 422 g/mol. The van der Waals surface area contributed by atoms with E-state index in [0.717, 1.165) is 48.0 Å². The molecule has 1 fully saturated rings. The molecule has 1 aliphatic carbocycles. The topological polar surface area (TPSA) is 80.1 Å². The summed E-state index contributed by atoms with van der Waals surface area (Å²) >= 11 is 1.52. The zero-order chi connectivity index (χ0) is 22.5. The van der Waals surface area contributed by atoms with E-state index >= 15 is 0 Å². The van der Waals surface area contributed by atoms with Crippen molar-refractivity contribution in [1.29, 1.82) is 0 Å². The number of benzene rings is 1. The number of hydrogen-bond acceptors (Lipinski definition) is 5. The van der Waals surface area contributed by atoms with Crippen LogP contribution in [0.1, 0.15) is 56.9 Å². The lowest BCUT2D eigenvalue weighted by Crippen LogP contribution is -2.49. The van der Waals surface area contributed by atoms with Crippen LogP contribution < -0.4 is 5.32 Å². The van der Waals surface area contributed by atoms with E-state index in [9.17, 15) is 9.59 Å². The molecule has 1 aromatic carbocycles. The van der Waals surface area contributed by atoms with Gasteiger partial charge in [-0.05, 0) is 48.8 Å². The smallest absolute Gasteiger partial charge is 0.248 e. The second-order valence-corrected chi connectivity index (χ2v) is 9.85. The van der Waals surface area contributed by atoms with Crippen molar-refractivity contribution in [2.75, 3.05) is 6.54 Å². The fourth-order valence-electron chi connectivity index (χ4n) is 4.40. The van der Waals surface area contributed by atoms with Gasteiger partial charge in [0.1, 0.15) is 18.1 Å². The molecular formula is C24H31N5O2S. The summed E-state index contributed by atoms with van der Waals surface area (Å²) in [4.78, 5) is 29.9. The normalized spacial score (nSPS) is 15.3. The molecule has 4 rings (SSSR count). The summed E-state index contributed by atoms with van der Waals surface area (Å²) in [6, 6.07) is 11.0. The first kappa shape index (κ1) is 22.5. The Bertz CT molecular complexity index is 1040. The summed E-state index contributed by atoms with van der Waals surface area (Å²) in [6.07, 6.45) is 4.90. The number of carbonyl (C=O) groups excluding carboxylic acids is 2. The molecule has 1 atom stereocenters. The summed E-state index contributed by atoms with van der Waals surface area (Å²) < 4.78 is 1.64. The quantitative estimate of drug-likeness (QED) is 0.527. The SMILES string of the molecule is CC(C)CCNC(=O)C(c1cccs1)N(C(=O)Cn1nnc2ccccc21)C1CCCC1. The molecule has 7 nitrogen and oxygen atoms in total. The summed E-state index contributed by atoms with van der Waals surface area (Å²) in [5.41, 5.74) is 1.58. The number of nitrogens with one attached hydrogen (secondary N) is 1. The lowest BCUT2D eigenvalue weighted by Gasteiger charge is -2.35. The fourth-order valence-corrected chi connectivity index (χ4v) is 5.23. The van der Waals surface area contributed by atoms with Crippen LogP contribution in [-0.4, -0.2) is 44.3 Å². The maximum atomic E-state index is 13.7. The molecule has 0 radical (unpaired) electrons. The Morgan fingerprint density at radius 1 is 1.19 bits per heavy atom. The van der Waals surface area contributed by atoms with Crippen LogP contribution in [0.3, 0.4) is 0 Å². The Kier molecular flexibility index (Phi) is 7.19. The minimum atomic E-state index is -0.618. The van der Waals surface area contributed by atoms with Crippen LogP contribution in [0.25, 0.3) is 11.0 Å². The molecule has 2 heterocycles. The number of carbonyl (C=O) groups is 2. The molecule has 1 N–H and O–H groups in total. The van der Waals surface area contributed by atoms with E-state index in [0.29, 0.717) is 12.5 Å². The maximum absolute atomic E-state index is 13.7. The number of rotatable bonds is 9. The van der Waals surface area contributed by atoms with Gasteiger partial charge in [-0.2, -0.15) is 0 Å². The molecule has 1 unspecified atom stereocenters. The van der Waals surface area contributed by atoms with E-state index in [4.69, 9.17) is 0 Å². The molecule has 0 aliphatic heterocycles. The number of nitrogens with zero attached hydrogens (tertiary/aromatic N) is 4. The number of aromatic nitrogens is 3. The summed E-state index contributed by atoms with van der Waals surface area (Å²) in [6.45, 7) is 4.95. The van der Waals surface area contributed by atoms with Gasteiger partial charge in [0.05, 0.1) is 5.52 Å². The molecule has 2 amide bonds. The van der Waals surface area contributed by atoms with Gasteiger partial charge in [0.25, 0.3) is 0 Å². The Morgan fingerprint density at radius 3 is 2.69 bits per heavy atom. The molecule has 0 bridgehead atoms. The second kappa shape index (κ2) is 10.3. The lowest BCUT2D eigenvalue weighted by atomic mass is 10.1. The number of amides is 2. The zero-order valence-corrected chi connectivity index (χ0v) is 19.6. The monoisotopic (exact) mass is 453 g/mol. The molecule has 8 heteroatoms. The average Bonchev–Trinajstić information content (AvgIpc) is 3.54. The predicted octanol–water partition coefficient (Wildman–Crippen LogP) is 4.17. The van der Waals surface area contributed by atoms with E-state index in [1.807, 2.05) is 46.7 Å². The van der Waals surface area contributed by atoms with Crippen molar-refractivity contribution in [2.45, 2.75) is 64.6 Å². The highest BCUT2D eigenvalue weighted by Gasteiger charge is 2.38. The van der Waals surface area contributed by atoms with Crippen molar-refractivity contribution in [2.24, 2.45) is 5.92 Å². The van der Waals surface area contributed by atoms with Gasteiger partial charge in [-0.3, -0.25) is 9.59 Å². The van der Waals surface area contributed by atoms with E-state index < -0.39 is 6.04 Å². The first-order valence-corrected chi connectivity index (χ1v) is 12.3. The fraction of sp³-hybridized carbons (Fsp3) is 0.500. The van der Waals surface area contributed by atoms with Crippen molar-refractivity contribution < 1.29 is 9.59 Å². The van der Waals surface area contributed by atoms with Crippen LogP contribution in [0.15, 0.2) is 41.8 Å². The van der Waals surface area contributed by atoms with Crippen LogP contribution in [0, 0.1) is 5.92 Å². The van der Waals surface area contributed by atoms with E-state index in [2.05, 4.69) is 29.5 Å². The molecule has 0 saturated heterocycles. The minimum absolute atomic E-state index is 0.0558. The molecule has 170 valence electrons. The largest absolute Gasteiger partial charge is 0.354 e. The number of hydrogen-bond donors (Lipinski definition) is 1. The highest BCUT2D eigenvalue weighted by atomic mass is 32.1. The van der Waals surface area contributed by atoms with Gasteiger partial charge in [0, 0.05) is 17.5 Å². The predicted molar refractivity (Wildman–Crippen MR) is 126 cm³/mol. The molecule has 1 aliphatic rings. The maximum Gasteiger partial charge on any atom is 0.248 e. The molecule has 2 aromatic heterocycles. The van der Waals surface area contributed by atoms with Crippen molar-refractivity contribution in [3.63, 3.8) is 0 Å². The van der Waals surface area contributed by atoms with Gasteiger partial charge >= 0.3 is 0 Å². The number of para-hydroxylation sites is 1. The Hall–Kier alpha value is -2.74. The molecule has 0 spiro atoms. The second-order valence-electron chi connectivity index (χ2n) is 8.87. The van der Waals surface area contributed by atoms with Gasteiger partial charge in [-0.25, -0.2) is 4.68 Å². The molecule has 3 aromatic rings. The average molecular weight is 454 g/mol. The van der Waals surface area contributed by atoms with Gasteiger partial charge < -0.3 is 10.2 Å². The molecule has 1 saturated carbocycles. The van der Waals surface area contributed by atoms with Gasteiger partial charge in [0.15, 0.2) is 0 Å². The summed E-state index contributed by atoms with van der Waals surface area (Å²) in [7, 11) is 0. The van der Waals surface area contributed by atoms with Crippen LogP contribution in [0.4, 0.5) is 0 Å². The highest BCUT2D eigenvalue weighted by Crippen LogP contribution is 2.34. The van der Waals surface area contributed by atoms with Crippen molar-refractivity contribution in [3.8, 4) is 0 Å². The molecule has 32 heavy (non-hydrogen) atoms. The highest BCUT2D eigenvalue weighted by molar-refractivity contribution is 7.10. The van der Waals surface area contributed by atoms with E-state index in [1.54, 1.807) is 4.68 Å². The van der Waals surface area contributed by atoms with E-state index in [-0.39, 0.29) is 24.4 Å². The van der Waals surface area contributed by atoms with Gasteiger partial charge in [0.2, 0.25) is 11.8 Å². The third kappa shape index (κ3) is 5.01. The standard InChI is InChI=1S/C24H31N5O2S/c1-17(2)13-14-25-24(31)23(21-12-7-15-32-21)29(18-8-3-4-9-18)22(30)16-28-20-11-6-5-10-19(20)26-27-28/h5-7,10-12,15,17-18,23H,3-4,8-9,13-14,16H2,1-2H3,(H,25,31). The third-order valence-corrected chi connectivity index (χ3v) is 7.00. The zero-order valence-electron chi connectivity index (χ0n) is 18.7. The Labute approximate surface area is 192 Å². The van der Waals surface area contributed by atoms with Crippen molar-refractivity contribution in [1.82, 2.24) is 25.2 Å². The van der Waals surface area contributed by atoms with Crippen LogP contribution >= 0.6 is 11.3 Å². The van der Waals surface area contributed by atoms with E-state index in [1.165, 1.54) is 11.3 Å². The summed E-state index contributed by atoms with van der Waals surface area (Å²) in [5, 5.41) is 13.4. The van der Waals surface area contributed by atoms with Crippen LogP contribution in [-0.2, 0) is 16.1 Å². The van der Waals surface area contributed by atoms with Crippen LogP contribution in [0.5, 0.6) is 0 Å². The van der Waals surface area contributed by atoms with Crippen molar-refractivity contribution >= 4 is 34.2 Å². The number of thiophene rings is 1. The van der Waals surface area contributed by atoms with Crippen molar-refractivity contribution in [3.05, 3.63) is 46.7 Å². The Morgan fingerprint density at radius 2 is 1.97 bits per heavy atom. The first-order chi connectivity index (χ1) is 15.5. The number of fused-ring (bicyclic) bond motifs is 1. The summed E-state index contributed by atoms with van der Waals surface area (Å²) in [5.74, 6) is 0.311. The third-order valence-electron chi connectivity index (χ3n) is 6.07. The first-order valence-electron chi connectivity index (χ1n) is 11.4. The van der Waals surface area contributed by atoms with Crippen LogP contribution in [0.2, 0.25) is 0 Å². The lowest BCUT2D eigenvalue weighted by molar-refractivity contribution is -0.144. The minimum Gasteiger partial charge on any atom is -0.354 e.